The third-order valence-corrected chi connectivity index (χ3v) is 3.91. The molecule has 0 radical (unpaired) electrons. The Morgan fingerprint density at radius 2 is 2.08 bits per heavy atom. The number of esters is 1. The minimum atomic E-state index is -0.490. The van der Waals surface area contributed by atoms with Crippen LogP contribution >= 0.6 is 0 Å². The molecule has 2 aromatic rings. The second kappa shape index (κ2) is 7.18. The summed E-state index contributed by atoms with van der Waals surface area (Å²) in [5, 5.41) is 11.2. The number of hydrazine groups is 1. The van der Waals surface area contributed by atoms with E-state index in [0.717, 1.165) is 0 Å². The van der Waals surface area contributed by atoms with Crippen molar-refractivity contribution >= 4 is 23.4 Å². The van der Waals surface area contributed by atoms with Crippen LogP contribution in [0.15, 0.2) is 53.9 Å². The van der Waals surface area contributed by atoms with Crippen LogP contribution in [0.1, 0.15) is 13.3 Å². The highest BCUT2D eigenvalue weighted by molar-refractivity contribution is 6.09. The number of hydrogen-bond donors (Lipinski definition) is 3. The second-order valence-corrected chi connectivity index (χ2v) is 5.57. The highest BCUT2D eigenvalue weighted by atomic mass is 16.5. The predicted molar refractivity (Wildman–Crippen MR) is 92.4 cm³/mol. The van der Waals surface area contributed by atoms with E-state index in [9.17, 15) is 9.59 Å². The molecule has 0 saturated carbocycles. The Kier molecular flexibility index (Phi) is 4.80. The minimum Gasteiger partial charge on any atom is -0.469 e. The Bertz CT molecular complexity index is 786. The third kappa shape index (κ3) is 3.53. The van der Waals surface area contributed by atoms with Gasteiger partial charge in [0.1, 0.15) is 5.82 Å². The van der Waals surface area contributed by atoms with Gasteiger partial charge in [-0.25, -0.2) is 10.4 Å². The smallest absolute Gasteiger partial charge is 0.307 e. The molecule has 8 heteroatoms. The topological polar surface area (TPSA) is 99.3 Å². The van der Waals surface area contributed by atoms with E-state index in [1.807, 2.05) is 30.3 Å². The largest absolute Gasteiger partial charge is 0.469 e. The second-order valence-electron chi connectivity index (χ2n) is 5.57. The average molecular weight is 341 g/mol. The van der Waals surface area contributed by atoms with E-state index in [1.54, 1.807) is 19.2 Å². The molecule has 1 amide bonds. The van der Waals surface area contributed by atoms with Crippen LogP contribution in [-0.2, 0) is 14.3 Å². The predicted octanol–water partition coefficient (Wildman–Crippen LogP) is 1.58. The minimum absolute atomic E-state index is 0.0445. The summed E-state index contributed by atoms with van der Waals surface area (Å²) >= 11 is 0. The van der Waals surface area contributed by atoms with Crippen LogP contribution in [0, 0.1) is 0 Å². The molecule has 130 valence electrons. The van der Waals surface area contributed by atoms with Gasteiger partial charge in [-0.3, -0.25) is 14.7 Å². The van der Waals surface area contributed by atoms with Crippen LogP contribution in [0.4, 0.5) is 11.5 Å². The van der Waals surface area contributed by atoms with Crippen LogP contribution in [-0.4, -0.2) is 35.2 Å². The Balaban J connectivity index is 1.93. The summed E-state index contributed by atoms with van der Waals surface area (Å²) in [4.78, 5) is 24.7. The van der Waals surface area contributed by atoms with E-state index in [4.69, 9.17) is 4.74 Å². The molecule has 8 nitrogen and oxygen atoms in total. The molecule has 1 aliphatic rings. The lowest BCUT2D eigenvalue weighted by Gasteiger charge is -2.16. The Hall–Kier alpha value is -3.13. The van der Waals surface area contributed by atoms with Gasteiger partial charge in [0.15, 0.2) is 0 Å². The van der Waals surface area contributed by atoms with Crippen LogP contribution in [0.3, 0.4) is 0 Å². The Morgan fingerprint density at radius 3 is 2.72 bits per heavy atom. The monoisotopic (exact) mass is 341 g/mol. The van der Waals surface area contributed by atoms with Gasteiger partial charge >= 0.3 is 5.97 Å². The summed E-state index contributed by atoms with van der Waals surface area (Å²) in [6, 6.07) is 10.5. The summed E-state index contributed by atoms with van der Waals surface area (Å²) in [5.41, 5.74) is 4.90. The highest BCUT2D eigenvalue weighted by Crippen LogP contribution is 2.27. The fourth-order valence-electron chi connectivity index (χ4n) is 2.73. The molecule has 0 spiro atoms. The van der Waals surface area contributed by atoms with Crippen LogP contribution in [0.2, 0.25) is 0 Å². The Morgan fingerprint density at radius 1 is 1.32 bits per heavy atom. The van der Waals surface area contributed by atoms with Gasteiger partial charge in [-0.1, -0.05) is 18.2 Å². The number of methoxy groups -OCH3 is 1. The molecule has 3 rings (SSSR count). The first-order valence-electron chi connectivity index (χ1n) is 7.80. The summed E-state index contributed by atoms with van der Waals surface area (Å²) in [5.74, 6) is 0.0458. The molecular formula is C17H19N5O3. The number of nitrogens with one attached hydrogen (secondary N) is 3. The van der Waals surface area contributed by atoms with Crippen molar-refractivity contribution < 1.29 is 14.3 Å². The number of hydrogen-bond acceptors (Lipinski definition) is 6. The van der Waals surface area contributed by atoms with Gasteiger partial charge in [-0.15, -0.1) is 0 Å². The molecule has 25 heavy (non-hydrogen) atoms. The van der Waals surface area contributed by atoms with Gasteiger partial charge in [0.25, 0.3) is 5.91 Å². The molecule has 0 bridgehead atoms. The van der Waals surface area contributed by atoms with Gasteiger partial charge in [-0.05, 0) is 19.1 Å². The number of para-hydroxylation sites is 1. The van der Waals surface area contributed by atoms with Crippen LogP contribution in [0.25, 0.3) is 0 Å². The standard InChI is InChI=1S/C17H19N5O3/c1-11(19-14-8-9-18-20-14)16-13(10-15(23)25-2)21-22(17(16)24)12-6-4-3-5-7-12/h3-9,13,21H,10H2,1-2H3,(H2,18,19,20)/b16-11+/t13-/m0/s1. The van der Waals surface area contributed by atoms with Gasteiger partial charge < -0.3 is 10.1 Å². The molecule has 0 unspecified atom stereocenters. The number of allylic oxidation sites excluding steroid dienone is 1. The van der Waals surface area contributed by atoms with Crippen molar-refractivity contribution in [1.29, 1.82) is 0 Å². The molecule has 1 fully saturated rings. The number of ether oxygens (including phenoxy) is 1. The van der Waals surface area contributed by atoms with Gasteiger partial charge in [-0.2, -0.15) is 5.10 Å². The highest BCUT2D eigenvalue weighted by Gasteiger charge is 2.38. The van der Waals surface area contributed by atoms with Crippen LogP contribution < -0.4 is 15.8 Å². The SMILES string of the molecule is COC(=O)C[C@@H]1NN(c2ccccc2)C(=O)/C1=C(\C)Nc1ccn[nH]1. The van der Waals surface area contributed by atoms with E-state index < -0.39 is 12.0 Å². The summed E-state index contributed by atoms with van der Waals surface area (Å²) in [6.07, 6.45) is 1.65. The van der Waals surface area contributed by atoms with E-state index >= 15 is 0 Å². The lowest BCUT2D eigenvalue weighted by atomic mass is 10.0. The van der Waals surface area contributed by atoms with Crippen molar-refractivity contribution in [3.63, 3.8) is 0 Å². The van der Waals surface area contributed by atoms with Crippen molar-refractivity contribution in [2.45, 2.75) is 19.4 Å². The normalized spacial score (nSPS) is 19.0. The first-order valence-corrected chi connectivity index (χ1v) is 7.80. The summed E-state index contributed by atoms with van der Waals surface area (Å²) in [6.45, 7) is 1.79. The summed E-state index contributed by atoms with van der Waals surface area (Å²) in [7, 11) is 1.33. The quantitative estimate of drug-likeness (QED) is 0.564. The number of aromatic amines is 1. The number of carbonyl (C=O) groups is 2. The lowest BCUT2D eigenvalue weighted by Crippen LogP contribution is -2.38. The lowest BCUT2D eigenvalue weighted by molar-refractivity contribution is -0.140. The van der Waals surface area contributed by atoms with E-state index in [-0.39, 0.29) is 12.3 Å². The number of aromatic nitrogens is 2. The summed E-state index contributed by atoms with van der Waals surface area (Å²) < 4.78 is 4.75. The number of rotatable bonds is 5. The van der Waals surface area contributed by atoms with Crippen molar-refractivity contribution in [3.05, 3.63) is 53.9 Å². The number of H-pyrrole nitrogens is 1. The maximum Gasteiger partial charge on any atom is 0.307 e. The number of benzene rings is 1. The molecule has 0 aliphatic carbocycles. The number of amides is 1. The fraction of sp³-hybridized carbons (Fsp3) is 0.235. The zero-order valence-electron chi connectivity index (χ0n) is 13.9. The molecule has 1 saturated heterocycles. The number of nitrogens with zero attached hydrogens (tertiary/aromatic N) is 2. The van der Waals surface area contributed by atoms with Crippen molar-refractivity contribution in [2.24, 2.45) is 0 Å². The van der Waals surface area contributed by atoms with Gasteiger partial charge in [0.05, 0.1) is 37.0 Å². The van der Waals surface area contributed by atoms with Gasteiger partial charge in [0.2, 0.25) is 0 Å². The zero-order valence-corrected chi connectivity index (χ0v) is 13.9. The molecule has 2 heterocycles. The van der Waals surface area contributed by atoms with Crippen molar-refractivity contribution in [1.82, 2.24) is 15.6 Å². The van der Waals surface area contributed by atoms with Crippen LogP contribution in [0.5, 0.6) is 0 Å². The fourth-order valence-corrected chi connectivity index (χ4v) is 2.73. The maximum atomic E-state index is 12.9. The van der Waals surface area contributed by atoms with E-state index in [1.165, 1.54) is 12.1 Å². The third-order valence-electron chi connectivity index (χ3n) is 3.91. The molecule has 1 aliphatic heterocycles. The Labute approximate surface area is 144 Å². The first kappa shape index (κ1) is 16.7. The maximum absolute atomic E-state index is 12.9. The molecule has 1 atom stereocenters. The van der Waals surface area contributed by atoms with Crippen molar-refractivity contribution in [3.8, 4) is 0 Å². The average Bonchev–Trinajstić information content (AvgIpc) is 3.23. The molecular weight excluding hydrogens is 322 g/mol. The van der Waals surface area contributed by atoms with Crippen molar-refractivity contribution in [2.75, 3.05) is 17.4 Å². The molecule has 3 N–H and O–H groups in total. The zero-order chi connectivity index (χ0) is 17.8. The van der Waals surface area contributed by atoms with E-state index in [0.29, 0.717) is 22.8 Å². The van der Waals surface area contributed by atoms with Gasteiger partial charge in [0, 0.05) is 11.8 Å². The first-order chi connectivity index (χ1) is 12.1. The molecule has 1 aromatic heterocycles. The number of anilines is 2. The molecule has 1 aromatic carbocycles. The number of carbonyl (C=O) groups excluding carboxylic acids is 2. The van der Waals surface area contributed by atoms with E-state index in [2.05, 4.69) is 20.9 Å².